The number of ether oxygens (including phenoxy) is 3. The van der Waals surface area contributed by atoms with E-state index in [4.69, 9.17) is 14.2 Å². The summed E-state index contributed by atoms with van der Waals surface area (Å²) in [6.07, 6.45) is 99.1. The fourth-order valence-corrected chi connectivity index (χ4v) is 7.60. The largest absolute Gasteiger partial charge is 0.462 e. The maximum atomic E-state index is 12.8. The monoisotopic (exact) mass is 1080 g/mol. The molecule has 0 N–H and O–H groups in total. The Kier molecular flexibility index (Phi) is 60.1. The van der Waals surface area contributed by atoms with Crippen molar-refractivity contribution in [1.82, 2.24) is 0 Å². The number of unbranched alkanes of at least 4 members (excludes halogenated alkanes) is 10. The van der Waals surface area contributed by atoms with Gasteiger partial charge in [-0.3, -0.25) is 14.4 Å². The molecule has 0 rings (SSSR count). The molecule has 0 radical (unpaired) electrons. The van der Waals surface area contributed by atoms with Crippen LogP contribution in [0.25, 0.3) is 0 Å². The molecule has 1 atom stereocenters. The fraction of sp³-hybridized carbons (Fsp3) is 0.521. The molecule has 0 heterocycles. The maximum Gasteiger partial charge on any atom is 0.306 e. The summed E-state index contributed by atoms with van der Waals surface area (Å²) in [6, 6.07) is 0. The third-order valence-corrected chi connectivity index (χ3v) is 12.1. The molecule has 0 aliphatic rings. The molecule has 1 unspecified atom stereocenters. The van der Waals surface area contributed by atoms with E-state index in [0.717, 1.165) is 128 Å². The van der Waals surface area contributed by atoms with Gasteiger partial charge < -0.3 is 14.2 Å². The average molecular weight is 1080 g/mol. The summed E-state index contributed by atoms with van der Waals surface area (Å²) in [6.45, 7) is 6.13. The van der Waals surface area contributed by atoms with Gasteiger partial charge in [-0.2, -0.15) is 0 Å². The van der Waals surface area contributed by atoms with Crippen molar-refractivity contribution in [3.63, 3.8) is 0 Å². The van der Waals surface area contributed by atoms with Gasteiger partial charge in [0.15, 0.2) is 6.10 Å². The summed E-state index contributed by atoms with van der Waals surface area (Å²) in [4.78, 5) is 38.1. The summed E-state index contributed by atoms with van der Waals surface area (Å²) in [5.41, 5.74) is 0. The lowest BCUT2D eigenvalue weighted by Gasteiger charge is -2.18. The Morgan fingerprint density at radius 1 is 0.253 bits per heavy atom. The Balaban J connectivity index is 4.30. The van der Waals surface area contributed by atoms with Crippen LogP contribution in [0.2, 0.25) is 0 Å². The van der Waals surface area contributed by atoms with Crippen molar-refractivity contribution in [3.8, 4) is 0 Å². The van der Waals surface area contributed by atoms with E-state index in [1.807, 2.05) is 24.3 Å². The average Bonchev–Trinajstić information content (AvgIpc) is 3.45. The maximum absolute atomic E-state index is 12.8. The molecule has 0 aromatic heterocycles. The van der Waals surface area contributed by atoms with E-state index < -0.39 is 12.1 Å². The molecule has 6 heteroatoms. The minimum atomic E-state index is -0.857. The molecular weight excluding hydrogens is 973 g/mol. The fourth-order valence-electron chi connectivity index (χ4n) is 7.60. The SMILES string of the molecule is CC/C=C\C/C=C\C/C=C\C/C=C\C/C=C\C/C=C\C/C=C\C/C=C\CCCCCCCCCCCCC(=O)OCC(COC(=O)CC/C=C\C/C=C\C/C=C\C/C=C\CC)OC(=O)CC/C=C\C/C=C\C/C=C\C/C=C\CC. The molecule has 0 saturated heterocycles. The van der Waals surface area contributed by atoms with Gasteiger partial charge in [0.25, 0.3) is 0 Å². The molecule has 0 saturated carbocycles. The lowest BCUT2D eigenvalue weighted by molar-refractivity contribution is -0.166. The normalized spacial score (nSPS) is 13.5. The molecule has 79 heavy (non-hydrogen) atoms. The zero-order valence-corrected chi connectivity index (χ0v) is 50.0. The Morgan fingerprint density at radius 2 is 0.481 bits per heavy atom. The Labute approximate surface area is 484 Å². The minimum Gasteiger partial charge on any atom is -0.462 e. The third kappa shape index (κ3) is 63.0. The smallest absolute Gasteiger partial charge is 0.306 e. The highest BCUT2D eigenvalue weighted by Gasteiger charge is 2.19. The second kappa shape index (κ2) is 64.8. The second-order valence-electron chi connectivity index (χ2n) is 19.5. The first-order valence-electron chi connectivity index (χ1n) is 30.9. The molecule has 0 aliphatic carbocycles. The van der Waals surface area contributed by atoms with Gasteiger partial charge in [-0.15, -0.1) is 0 Å². The number of carbonyl (C=O) groups is 3. The molecule has 0 fully saturated rings. The van der Waals surface area contributed by atoms with Crippen LogP contribution in [-0.2, 0) is 28.6 Å². The summed E-state index contributed by atoms with van der Waals surface area (Å²) in [7, 11) is 0. The summed E-state index contributed by atoms with van der Waals surface area (Å²) in [5.74, 6) is -1.12. The van der Waals surface area contributed by atoms with Crippen LogP contribution >= 0.6 is 0 Å². The number of hydrogen-bond acceptors (Lipinski definition) is 6. The van der Waals surface area contributed by atoms with Gasteiger partial charge in [0.05, 0.1) is 0 Å². The first-order chi connectivity index (χ1) is 39.0. The van der Waals surface area contributed by atoms with Gasteiger partial charge in [0.2, 0.25) is 0 Å². The van der Waals surface area contributed by atoms with Crippen LogP contribution in [-0.4, -0.2) is 37.2 Å². The van der Waals surface area contributed by atoms with Gasteiger partial charge in [-0.05, 0) is 135 Å². The second-order valence-corrected chi connectivity index (χ2v) is 19.5. The van der Waals surface area contributed by atoms with Crippen LogP contribution in [0, 0.1) is 0 Å². The number of esters is 3. The third-order valence-electron chi connectivity index (χ3n) is 12.1. The summed E-state index contributed by atoms with van der Waals surface area (Å²) in [5, 5.41) is 0. The number of hydrogen-bond donors (Lipinski definition) is 0. The first kappa shape index (κ1) is 73.2. The number of carbonyl (C=O) groups excluding carboxylic acids is 3. The summed E-state index contributed by atoms with van der Waals surface area (Å²) < 4.78 is 16.7. The molecule has 0 aromatic rings. The van der Waals surface area contributed by atoms with Gasteiger partial charge in [-0.25, -0.2) is 0 Å². The lowest BCUT2D eigenvalue weighted by atomic mass is 10.1. The molecule has 0 amide bonds. The van der Waals surface area contributed by atoms with Crippen molar-refractivity contribution in [1.29, 1.82) is 0 Å². The molecule has 0 spiro atoms. The molecule has 0 bridgehead atoms. The van der Waals surface area contributed by atoms with Gasteiger partial charge in [-0.1, -0.05) is 267 Å². The van der Waals surface area contributed by atoms with Gasteiger partial charge in [0, 0.05) is 19.3 Å². The van der Waals surface area contributed by atoms with Crippen molar-refractivity contribution in [2.75, 3.05) is 13.2 Å². The standard InChI is InChI=1S/C73H110O6/c1-4-7-10-13-16-19-22-25-26-27-28-29-30-31-32-33-34-35-36-37-38-39-40-41-42-43-44-45-46-49-51-54-57-60-63-66-72(75)78-69-70(79-73(76)67-64-61-58-55-52-48-24-21-18-15-12-9-6-3)68-77-71(74)65-62-59-56-53-50-47-23-20-17-14-11-8-5-2/h7-12,16-21,25-26,28-29,31-32,34-35,37-38,40-41,47-48,50,52,56,58-59,61,70H,4-6,13-15,22-24,27,30,33,36,39,42-46,49,51,53-55,57,60,62-69H2,1-3H3/b10-7-,11-8-,12-9-,19-16-,20-17-,21-18-,26-25-,29-28-,32-31-,35-34-,38-37-,41-40-,50-47-,52-48-,59-56-,61-58-. The topological polar surface area (TPSA) is 78.9 Å². The van der Waals surface area contributed by atoms with Crippen LogP contribution in [0.1, 0.15) is 226 Å². The Hall–Kier alpha value is -5.75. The molecular formula is C73H110O6. The van der Waals surface area contributed by atoms with E-state index in [-0.39, 0.29) is 38.0 Å². The van der Waals surface area contributed by atoms with E-state index in [1.54, 1.807) is 0 Å². The Morgan fingerprint density at radius 3 is 0.785 bits per heavy atom. The van der Waals surface area contributed by atoms with Gasteiger partial charge >= 0.3 is 17.9 Å². The van der Waals surface area contributed by atoms with Crippen molar-refractivity contribution < 1.29 is 28.6 Å². The lowest BCUT2D eigenvalue weighted by Crippen LogP contribution is -2.30. The van der Waals surface area contributed by atoms with Crippen LogP contribution in [0.5, 0.6) is 0 Å². The Bertz CT molecular complexity index is 1920. The van der Waals surface area contributed by atoms with E-state index in [0.29, 0.717) is 19.3 Å². The van der Waals surface area contributed by atoms with Crippen LogP contribution in [0.3, 0.4) is 0 Å². The van der Waals surface area contributed by atoms with E-state index in [2.05, 4.69) is 191 Å². The van der Waals surface area contributed by atoms with Crippen LogP contribution < -0.4 is 0 Å². The van der Waals surface area contributed by atoms with E-state index in [9.17, 15) is 14.4 Å². The highest BCUT2D eigenvalue weighted by molar-refractivity contribution is 5.71. The highest BCUT2D eigenvalue weighted by Crippen LogP contribution is 2.13. The van der Waals surface area contributed by atoms with E-state index in [1.165, 1.54) is 44.9 Å². The van der Waals surface area contributed by atoms with Crippen molar-refractivity contribution in [2.45, 2.75) is 232 Å². The zero-order valence-electron chi connectivity index (χ0n) is 50.0. The minimum absolute atomic E-state index is 0.140. The summed E-state index contributed by atoms with van der Waals surface area (Å²) >= 11 is 0. The predicted octanol–water partition coefficient (Wildman–Crippen LogP) is 21.4. The number of rotatable bonds is 53. The quantitative estimate of drug-likeness (QED) is 0.0261. The predicted molar refractivity (Wildman–Crippen MR) is 343 cm³/mol. The van der Waals surface area contributed by atoms with Crippen molar-refractivity contribution in [3.05, 3.63) is 194 Å². The van der Waals surface area contributed by atoms with Crippen molar-refractivity contribution in [2.24, 2.45) is 0 Å². The number of allylic oxidation sites excluding steroid dienone is 32. The van der Waals surface area contributed by atoms with Crippen molar-refractivity contribution >= 4 is 17.9 Å². The molecule has 438 valence electrons. The zero-order chi connectivity index (χ0) is 57.1. The van der Waals surface area contributed by atoms with Gasteiger partial charge in [0.1, 0.15) is 13.2 Å². The van der Waals surface area contributed by atoms with Crippen LogP contribution in [0.4, 0.5) is 0 Å². The molecule has 6 nitrogen and oxygen atoms in total. The highest BCUT2D eigenvalue weighted by atomic mass is 16.6. The van der Waals surface area contributed by atoms with Crippen LogP contribution in [0.15, 0.2) is 194 Å². The molecule has 0 aliphatic heterocycles. The first-order valence-corrected chi connectivity index (χ1v) is 30.9. The molecule has 0 aromatic carbocycles. The van der Waals surface area contributed by atoms with E-state index >= 15 is 0 Å².